The Hall–Kier alpha value is -2.25. The van der Waals surface area contributed by atoms with E-state index in [1.54, 1.807) is 0 Å². The number of carbonyl (C=O) groups is 2. The van der Waals surface area contributed by atoms with E-state index < -0.39 is 29.4 Å². The monoisotopic (exact) mass is 301 g/mol. The van der Waals surface area contributed by atoms with Gasteiger partial charge in [0.05, 0.1) is 5.56 Å². The van der Waals surface area contributed by atoms with Gasteiger partial charge in [0.2, 0.25) is 5.91 Å². The van der Waals surface area contributed by atoms with Crippen LogP contribution in [-0.2, 0) is 11.0 Å². The van der Waals surface area contributed by atoms with Gasteiger partial charge in [0.1, 0.15) is 6.04 Å². The fourth-order valence-electron chi connectivity index (χ4n) is 2.09. The number of halogens is 3. The highest BCUT2D eigenvalue weighted by atomic mass is 19.4. The Balaban J connectivity index is 2.18. The molecule has 0 bridgehead atoms. The van der Waals surface area contributed by atoms with E-state index in [1.807, 2.05) is 0 Å². The second-order valence-corrected chi connectivity index (χ2v) is 4.76. The second-order valence-electron chi connectivity index (χ2n) is 4.76. The number of anilines is 1. The van der Waals surface area contributed by atoms with Crippen molar-refractivity contribution in [1.82, 2.24) is 10.6 Å². The molecule has 8 heteroatoms. The van der Waals surface area contributed by atoms with Crippen LogP contribution < -0.4 is 16.4 Å². The van der Waals surface area contributed by atoms with Crippen LogP contribution in [0.4, 0.5) is 18.9 Å². The van der Waals surface area contributed by atoms with Crippen LogP contribution in [0.3, 0.4) is 0 Å². The molecule has 0 aromatic heterocycles. The number of hydrogen-bond donors (Lipinski definition) is 3. The standard InChI is InChI=1S/C13H14F3N3O2/c14-13(15,16)8-6-7(3-4-9(8)17)11(20)19-10-2-1-5-18-12(10)21/h3-4,6,10H,1-2,5,17H2,(H,18,21)(H,19,20). The summed E-state index contributed by atoms with van der Waals surface area (Å²) in [5, 5.41) is 5.00. The molecule has 114 valence electrons. The fraction of sp³-hybridized carbons (Fsp3) is 0.385. The molecule has 5 nitrogen and oxygen atoms in total. The third-order valence-corrected chi connectivity index (χ3v) is 3.21. The van der Waals surface area contributed by atoms with Crippen molar-refractivity contribution in [2.75, 3.05) is 12.3 Å². The highest BCUT2D eigenvalue weighted by Crippen LogP contribution is 2.34. The van der Waals surface area contributed by atoms with Gasteiger partial charge in [-0.1, -0.05) is 0 Å². The van der Waals surface area contributed by atoms with Crippen molar-refractivity contribution in [3.05, 3.63) is 29.3 Å². The molecule has 21 heavy (non-hydrogen) atoms. The minimum absolute atomic E-state index is 0.185. The molecule has 1 aliphatic rings. The number of nitrogen functional groups attached to an aromatic ring is 1. The van der Waals surface area contributed by atoms with Gasteiger partial charge < -0.3 is 16.4 Å². The Morgan fingerprint density at radius 2 is 2.10 bits per heavy atom. The second kappa shape index (κ2) is 5.63. The molecule has 2 rings (SSSR count). The van der Waals surface area contributed by atoms with E-state index in [9.17, 15) is 22.8 Å². The molecule has 1 aliphatic heterocycles. The van der Waals surface area contributed by atoms with E-state index in [1.165, 1.54) is 6.07 Å². The van der Waals surface area contributed by atoms with Crippen molar-refractivity contribution in [3.63, 3.8) is 0 Å². The highest BCUT2D eigenvalue weighted by Gasteiger charge is 2.34. The molecule has 1 unspecified atom stereocenters. The van der Waals surface area contributed by atoms with Crippen LogP contribution in [0.5, 0.6) is 0 Å². The summed E-state index contributed by atoms with van der Waals surface area (Å²) in [4.78, 5) is 23.5. The Bertz CT molecular complexity index is 572. The molecule has 1 saturated heterocycles. The van der Waals surface area contributed by atoms with Crippen molar-refractivity contribution >= 4 is 17.5 Å². The minimum atomic E-state index is -4.64. The molecular formula is C13H14F3N3O2. The van der Waals surface area contributed by atoms with Crippen molar-refractivity contribution in [2.45, 2.75) is 25.1 Å². The van der Waals surface area contributed by atoms with E-state index in [2.05, 4.69) is 10.6 Å². The number of hydrogen-bond acceptors (Lipinski definition) is 3. The number of alkyl halides is 3. The van der Waals surface area contributed by atoms with Crippen LogP contribution in [-0.4, -0.2) is 24.4 Å². The Morgan fingerprint density at radius 1 is 1.38 bits per heavy atom. The maximum absolute atomic E-state index is 12.7. The Kier molecular flexibility index (Phi) is 4.06. The third kappa shape index (κ3) is 3.45. The number of carbonyl (C=O) groups excluding carboxylic acids is 2. The number of nitrogens with one attached hydrogen (secondary N) is 2. The molecule has 0 spiro atoms. The van der Waals surface area contributed by atoms with Crippen LogP contribution >= 0.6 is 0 Å². The summed E-state index contributed by atoms with van der Waals surface area (Å²) in [5.41, 5.74) is 3.56. The van der Waals surface area contributed by atoms with Crippen LogP contribution in [0.15, 0.2) is 18.2 Å². The SMILES string of the molecule is Nc1ccc(C(=O)NC2CCCNC2=O)cc1C(F)(F)F. The predicted octanol–water partition coefficient (Wildman–Crippen LogP) is 1.30. The first-order valence-corrected chi connectivity index (χ1v) is 6.34. The highest BCUT2D eigenvalue weighted by molar-refractivity contribution is 5.98. The van der Waals surface area contributed by atoms with Gasteiger partial charge in [-0.25, -0.2) is 0 Å². The summed E-state index contributed by atoms with van der Waals surface area (Å²) >= 11 is 0. The summed E-state index contributed by atoms with van der Waals surface area (Å²) in [5.74, 6) is -1.07. The summed E-state index contributed by atoms with van der Waals surface area (Å²) in [6, 6.07) is 2.18. The zero-order valence-electron chi connectivity index (χ0n) is 11.0. The average Bonchev–Trinajstić information content (AvgIpc) is 2.40. The van der Waals surface area contributed by atoms with Gasteiger partial charge in [-0.2, -0.15) is 13.2 Å². The summed E-state index contributed by atoms with van der Waals surface area (Å²) in [7, 11) is 0. The summed E-state index contributed by atoms with van der Waals surface area (Å²) in [6.45, 7) is 0.533. The molecule has 1 fully saturated rings. The third-order valence-electron chi connectivity index (χ3n) is 3.21. The molecule has 1 aromatic rings. The van der Waals surface area contributed by atoms with Crippen molar-refractivity contribution in [2.24, 2.45) is 0 Å². The van der Waals surface area contributed by atoms with Crippen molar-refractivity contribution < 1.29 is 22.8 Å². The van der Waals surface area contributed by atoms with E-state index in [4.69, 9.17) is 5.73 Å². The maximum Gasteiger partial charge on any atom is 0.418 e. The van der Waals surface area contributed by atoms with Crippen molar-refractivity contribution in [3.8, 4) is 0 Å². The largest absolute Gasteiger partial charge is 0.418 e. The first-order valence-electron chi connectivity index (χ1n) is 6.34. The lowest BCUT2D eigenvalue weighted by molar-refractivity contribution is -0.137. The van der Waals surface area contributed by atoms with Gasteiger partial charge >= 0.3 is 6.18 Å². The van der Waals surface area contributed by atoms with Crippen molar-refractivity contribution in [1.29, 1.82) is 0 Å². The Morgan fingerprint density at radius 3 is 2.71 bits per heavy atom. The van der Waals surface area contributed by atoms with E-state index >= 15 is 0 Å². The topological polar surface area (TPSA) is 84.2 Å². The molecule has 1 atom stereocenters. The number of benzene rings is 1. The van der Waals surface area contributed by atoms with Crippen LogP contribution in [0, 0.1) is 0 Å². The minimum Gasteiger partial charge on any atom is -0.398 e. The summed E-state index contributed by atoms with van der Waals surface area (Å²) in [6.07, 6.45) is -3.48. The first kappa shape index (κ1) is 15.1. The van der Waals surface area contributed by atoms with Gasteiger partial charge in [-0.3, -0.25) is 9.59 Å². The lowest BCUT2D eigenvalue weighted by Gasteiger charge is -2.23. The average molecular weight is 301 g/mol. The normalized spacial score (nSPS) is 19.0. The predicted molar refractivity (Wildman–Crippen MR) is 69.4 cm³/mol. The van der Waals surface area contributed by atoms with Gasteiger partial charge in [0.15, 0.2) is 0 Å². The zero-order valence-corrected chi connectivity index (χ0v) is 11.0. The van der Waals surface area contributed by atoms with Gasteiger partial charge in [-0.15, -0.1) is 0 Å². The Labute approximate surface area is 118 Å². The number of piperidine rings is 1. The molecule has 0 saturated carbocycles. The van der Waals surface area contributed by atoms with Gasteiger partial charge in [-0.05, 0) is 31.0 Å². The summed E-state index contributed by atoms with van der Waals surface area (Å²) < 4.78 is 38.2. The maximum atomic E-state index is 12.7. The lowest BCUT2D eigenvalue weighted by atomic mass is 10.0. The number of rotatable bonds is 2. The first-order chi connectivity index (χ1) is 9.79. The lowest BCUT2D eigenvalue weighted by Crippen LogP contribution is -2.50. The molecule has 4 N–H and O–H groups in total. The molecule has 2 amide bonds. The molecular weight excluding hydrogens is 287 g/mol. The van der Waals surface area contributed by atoms with E-state index in [0.29, 0.717) is 25.5 Å². The molecule has 1 heterocycles. The molecule has 0 aliphatic carbocycles. The number of amides is 2. The van der Waals surface area contributed by atoms with Crippen LogP contribution in [0.25, 0.3) is 0 Å². The van der Waals surface area contributed by atoms with Crippen LogP contribution in [0.2, 0.25) is 0 Å². The molecule has 0 radical (unpaired) electrons. The van der Waals surface area contributed by atoms with E-state index in [-0.39, 0.29) is 11.5 Å². The van der Waals surface area contributed by atoms with E-state index in [0.717, 1.165) is 6.07 Å². The fourth-order valence-corrected chi connectivity index (χ4v) is 2.09. The van der Waals surface area contributed by atoms with Gasteiger partial charge in [0, 0.05) is 17.8 Å². The van der Waals surface area contributed by atoms with Gasteiger partial charge in [0.25, 0.3) is 5.91 Å². The zero-order chi connectivity index (χ0) is 15.6. The van der Waals surface area contributed by atoms with Crippen LogP contribution in [0.1, 0.15) is 28.8 Å². The quantitative estimate of drug-likeness (QED) is 0.720. The molecule has 1 aromatic carbocycles. The number of nitrogens with two attached hydrogens (primary N) is 1. The smallest absolute Gasteiger partial charge is 0.398 e.